The number of anilines is 3. The number of imidazole rings is 1. The number of halogens is 3. The first kappa shape index (κ1) is 26.2. The number of rotatable bonds is 6. The molecule has 12 heteroatoms. The summed E-state index contributed by atoms with van der Waals surface area (Å²) in [6, 6.07) is 0.999. The van der Waals surface area contributed by atoms with Crippen molar-refractivity contribution in [3.63, 3.8) is 0 Å². The summed E-state index contributed by atoms with van der Waals surface area (Å²) in [5, 5.41) is 16.5. The molecule has 0 spiro atoms. The second kappa shape index (κ2) is 10.0. The van der Waals surface area contributed by atoms with Crippen LogP contribution in [0, 0.1) is 28.8 Å². The number of amides is 1. The topological polar surface area (TPSA) is 131 Å². The molecule has 204 valence electrons. The molecule has 0 saturated heterocycles. The molecule has 2 heterocycles. The van der Waals surface area contributed by atoms with Crippen molar-refractivity contribution in [3.8, 4) is 0 Å². The molecule has 1 unspecified atom stereocenters. The summed E-state index contributed by atoms with van der Waals surface area (Å²) in [6.45, 7) is 4.09. The number of benzene rings is 1. The second-order valence-electron chi connectivity index (χ2n) is 11.1. The number of aliphatic hydroxyl groups is 1. The van der Waals surface area contributed by atoms with Gasteiger partial charge in [0.05, 0.1) is 12.3 Å². The first-order chi connectivity index (χ1) is 18.0. The van der Waals surface area contributed by atoms with E-state index in [1.807, 2.05) is 13.8 Å². The largest absolute Gasteiger partial charge is 0.392 e. The van der Waals surface area contributed by atoms with Crippen molar-refractivity contribution in [3.05, 3.63) is 35.8 Å². The number of carbonyl (C=O) groups excluding carboxylic acids is 1. The smallest absolute Gasteiger partial charge is 0.224 e. The number of nitrogens with two attached hydrogens (primary N) is 1. The van der Waals surface area contributed by atoms with Crippen LogP contribution in [-0.4, -0.2) is 42.7 Å². The third-order valence-corrected chi connectivity index (χ3v) is 8.02. The Labute approximate surface area is 218 Å². The molecular weight excluding hydrogens is 499 g/mol. The third-order valence-electron chi connectivity index (χ3n) is 8.02. The van der Waals surface area contributed by atoms with E-state index in [9.17, 15) is 23.1 Å². The molecule has 1 amide bonds. The van der Waals surface area contributed by atoms with Crippen molar-refractivity contribution in [1.82, 2.24) is 19.5 Å². The second-order valence-corrected chi connectivity index (χ2v) is 11.1. The molecule has 5 rings (SSSR count). The molecule has 2 aromatic heterocycles. The maximum atomic E-state index is 14.5. The Bertz CT molecular complexity index is 1330. The van der Waals surface area contributed by atoms with Crippen molar-refractivity contribution in [2.24, 2.45) is 17.1 Å². The molecule has 0 bridgehead atoms. The Morgan fingerprint density at radius 1 is 1.11 bits per heavy atom. The van der Waals surface area contributed by atoms with E-state index in [1.54, 1.807) is 4.57 Å². The Kier molecular flexibility index (Phi) is 6.93. The molecule has 3 aromatic rings. The Morgan fingerprint density at radius 2 is 1.79 bits per heavy atom. The third kappa shape index (κ3) is 5.13. The van der Waals surface area contributed by atoms with Crippen LogP contribution in [0.1, 0.15) is 64.8 Å². The van der Waals surface area contributed by atoms with Gasteiger partial charge in [0, 0.05) is 30.1 Å². The average Bonchev–Trinajstić information content (AvgIpc) is 3.21. The van der Waals surface area contributed by atoms with Crippen LogP contribution in [0.5, 0.6) is 0 Å². The van der Waals surface area contributed by atoms with Gasteiger partial charge in [-0.25, -0.2) is 23.1 Å². The lowest BCUT2D eigenvalue weighted by molar-refractivity contribution is -0.122. The van der Waals surface area contributed by atoms with Gasteiger partial charge in [0.25, 0.3) is 0 Å². The number of aliphatic hydroxyl groups excluding tert-OH is 1. The molecule has 9 nitrogen and oxygen atoms in total. The van der Waals surface area contributed by atoms with Crippen LogP contribution in [0.25, 0.3) is 11.2 Å². The van der Waals surface area contributed by atoms with Crippen LogP contribution < -0.4 is 16.4 Å². The molecule has 38 heavy (non-hydrogen) atoms. The maximum Gasteiger partial charge on any atom is 0.224 e. The number of carbonyl (C=O) groups is 1. The molecule has 2 fully saturated rings. The molecule has 0 aliphatic heterocycles. The summed E-state index contributed by atoms with van der Waals surface area (Å²) in [4.78, 5) is 25.3. The lowest BCUT2D eigenvalue weighted by Crippen LogP contribution is -2.41. The zero-order valence-corrected chi connectivity index (χ0v) is 21.3. The van der Waals surface area contributed by atoms with E-state index >= 15 is 0 Å². The maximum absolute atomic E-state index is 14.5. The van der Waals surface area contributed by atoms with Crippen molar-refractivity contribution in [2.45, 2.75) is 77.0 Å². The Balaban J connectivity index is 1.49. The van der Waals surface area contributed by atoms with Gasteiger partial charge in [0.1, 0.15) is 17.0 Å². The molecule has 2 aliphatic carbocycles. The number of hydrogen-bond donors (Lipinski definition) is 4. The molecule has 2 atom stereocenters. The molecule has 1 aromatic carbocycles. The minimum atomic E-state index is -1.09. The first-order valence-corrected chi connectivity index (χ1v) is 12.9. The molecule has 2 aliphatic rings. The predicted molar refractivity (Wildman–Crippen MR) is 136 cm³/mol. The highest BCUT2D eigenvalue weighted by Crippen LogP contribution is 2.39. The monoisotopic (exact) mass is 531 g/mol. The predicted octanol–water partition coefficient (Wildman–Crippen LogP) is 4.56. The van der Waals surface area contributed by atoms with Crippen molar-refractivity contribution in [2.75, 3.05) is 10.6 Å². The van der Waals surface area contributed by atoms with Gasteiger partial charge in [-0.05, 0) is 50.4 Å². The number of hydrogen-bond acceptors (Lipinski definition) is 7. The van der Waals surface area contributed by atoms with E-state index in [2.05, 4.69) is 20.6 Å². The minimum absolute atomic E-state index is 0.0159. The van der Waals surface area contributed by atoms with E-state index in [1.165, 1.54) is 6.20 Å². The van der Waals surface area contributed by atoms with Gasteiger partial charge in [-0.15, -0.1) is 0 Å². The molecule has 0 radical (unpaired) electrons. The lowest BCUT2D eigenvalue weighted by atomic mass is 9.73. The van der Waals surface area contributed by atoms with E-state index in [0.717, 1.165) is 12.8 Å². The van der Waals surface area contributed by atoms with E-state index in [-0.39, 0.29) is 35.3 Å². The summed E-state index contributed by atoms with van der Waals surface area (Å²) in [6.07, 6.45) is 5.60. The lowest BCUT2D eigenvalue weighted by Gasteiger charge is -2.39. The number of nitrogens with one attached hydrogen (secondary N) is 2. The highest BCUT2D eigenvalue weighted by Gasteiger charge is 2.35. The van der Waals surface area contributed by atoms with Crippen LogP contribution in [-0.2, 0) is 4.79 Å². The fourth-order valence-electron chi connectivity index (χ4n) is 5.52. The van der Waals surface area contributed by atoms with Crippen LogP contribution in [0.2, 0.25) is 0 Å². The summed E-state index contributed by atoms with van der Waals surface area (Å²) in [7, 11) is 0. The minimum Gasteiger partial charge on any atom is -0.392 e. The molecular formula is C26H32F3N7O2. The number of aromatic nitrogens is 4. The normalized spacial score (nSPS) is 25.3. The van der Waals surface area contributed by atoms with E-state index < -0.39 is 29.2 Å². The summed E-state index contributed by atoms with van der Waals surface area (Å²) >= 11 is 0. The van der Waals surface area contributed by atoms with Crippen LogP contribution in [0.3, 0.4) is 0 Å². The van der Waals surface area contributed by atoms with Crippen LogP contribution in [0.15, 0.2) is 18.3 Å². The fourth-order valence-corrected chi connectivity index (χ4v) is 5.52. The summed E-state index contributed by atoms with van der Waals surface area (Å²) < 4.78 is 44.2. The van der Waals surface area contributed by atoms with Crippen molar-refractivity contribution in [1.29, 1.82) is 0 Å². The van der Waals surface area contributed by atoms with Gasteiger partial charge in [0.2, 0.25) is 17.8 Å². The summed E-state index contributed by atoms with van der Waals surface area (Å²) in [5.74, 6) is -3.31. The van der Waals surface area contributed by atoms with Gasteiger partial charge in [0.15, 0.2) is 17.3 Å². The molecule has 5 N–H and O–H groups in total. The quantitative estimate of drug-likeness (QED) is 0.367. The van der Waals surface area contributed by atoms with Crippen molar-refractivity contribution < 1.29 is 23.1 Å². The van der Waals surface area contributed by atoms with Crippen molar-refractivity contribution >= 4 is 34.7 Å². The average molecular weight is 532 g/mol. The van der Waals surface area contributed by atoms with Gasteiger partial charge < -0.3 is 21.5 Å². The Morgan fingerprint density at radius 3 is 2.42 bits per heavy atom. The summed E-state index contributed by atoms with van der Waals surface area (Å²) in [5.41, 5.74) is 5.68. The van der Waals surface area contributed by atoms with Gasteiger partial charge >= 0.3 is 0 Å². The van der Waals surface area contributed by atoms with E-state index in [0.29, 0.717) is 61.3 Å². The SMILES string of the molecule is CC1(C)CCC(Nc2ncc3nc(Nc4c(F)cc(F)cc4F)n(C4CCC(C(N)=O)CC4)c3n2)C[C@H]1O. The standard InChI is InChI=1S/C26H32F3N7O2/c1-26(2)8-7-15(11-20(26)37)32-24-31-12-19-23(35-24)36(16-5-3-13(4-6-16)22(30)38)25(33-19)34-21-17(28)9-14(27)10-18(21)29/h9-10,12-13,15-16,20,37H,3-8,11H2,1-2H3,(H2,30,38)(H,33,34)(H,31,32,35)/t13?,15?,16?,20-/m1/s1. The number of fused-ring (bicyclic) bond motifs is 1. The van der Waals surface area contributed by atoms with Gasteiger partial charge in [-0.2, -0.15) is 4.98 Å². The Hall–Kier alpha value is -3.41. The number of nitrogens with zero attached hydrogens (tertiary/aromatic N) is 4. The fraction of sp³-hybridized carbons (Fsp3) is 0.538. The highest BCUT2D eigenvalue weighted by molar-refractivity contribution is 5.78. The zero-order valence-electron chi connectivity index (χ0n) is 21.3. The zero-order chi connectivity index (χ0) is 27.2. The van der Waals surface area contributed by atoms with Gasteiger partial charge in [-0.1, -0.05) is 13.8 Å². The molecule has 2 saturated carbocycles. The number of primary amides is 1. The van der Waals surface area contributed by atoms with E-state index in [4.69, 9.17) is 10.7 Å². The van der Waals surface area contributed by atoms with Crippen LogP contribution in [0.4, 0.5) is 30.8 Å². The van der Waals surface area contributed by atoms with Crippen LogP contribution >= 0.6 is 0 Å². The highest BCUT2D eigenvalue weighted by atomic mass is 19.1. The van der Waals surface area contributed by atoms with Gasteiger partial charge in [-0.3, -0.25) is 9.36 Å². The first-order valence-electron chi connectivity index (χ1n) is 12.9.